The standard InChI is InChI=1S/C18H24O4Si/c1-18(16(19)21-2,17(20)22-3)13-9-10-14-23(4,5)15-11-7-6-8-12-15/h6-9,11-12,14H,13H2,1-5H3. The van der Waals surface area contributed by atoms with Crippen molar-refractivity contribution in [3.05, 3.63) is 47.8 Å². The number of carbonyl (C=O) groups excluding carboxylic acids is 2. The molecular formula is C18H24O4Si. The fourth-order valence-electron chi connectivity index (χ4n) is 2.18. The first kappa shape index (κ1) is 18.9. The number of rotatable bonds is 6. The Morgan fingerprint density at radius 1 is 1.13 bits per heavy atom. The third kappa shape index (κ3) is 4.68. The molecule has 0 N–H and O–H groups in total. The maximum atomic E-state index is 11.9. The van der Waals surface area contributed by atoms with Gasteiger partial charge in [-0.2, -0.15) is 0 Å². The van der Waals surface area contributed by atoms with Crippen molar-refractivity contribution < 1.29 is 19.1 Å². The Balaban J connectivity index is 2.95. The minimum Gasteiger partial charge on any atom is -0.468 e. The van der Waals surface area contributed by atoms with Gasteiger partial charge < -0.3 is 9.47 Å². The molecular weight excluding hydrogens is 308 g/mol. The molecule has 0 aliphatic heterocycles. The number of ether oxygens (including phenoxy) is 2. The Labute approximate surface area is 138 Å². The number of methoxy groups -OCH3 is 2. The fraction of sp³-hybridized carbons (Fsp3) is 0.389. The molecule has 5 heteroatoms. The van der Waals surface area contributed by atoms with E-state index in [4.69, 9.17) is 9.47 Å². The number of benzene rings is 1. The molecule has 124 valence electrons. The molecule has 0 aliphatic rings. The van der Waals surface area contributed by atoms with Gasteiger partial charge in [0.25, 0.3) is 0 Å². The summed E-state index contributed by atoms with van der Waals surface area (Å²) in [5.41, 5.74) is 3.84. The molecule has 0 radical (unpaired) electrons. The molecule has 23 heavy (non-hydrogen) atoms. The van der Waals surface area contributed by atoms with Crippen molar-refractivity contribution >= 4 is 25.2 Å². The smallest absolute Gasteiger partial charge is 0.323 e. The summed E-state index contributed by atoms with van der Waals surface area (Å²) in [6.45, 7) is 5.94. The molecule has 1 rings (SSSR count). The van der Waals surface area contributed by atoms with Gasteiger partial charge >= 0.3 is 11.9 Å². The maximum absolute atomic E-state index is 11.9. The summed E-state index contributed by atoms with van der Waals surface area (Å²) in [6, 6.07) is 10.3. The zero-order chi connectivity index (χ0) is 17.5. The van der Waals surface area contributed by atoms with E-state index in [9.17, 15) is 9.59 Å². The summed E-state index contributed by atoms with van der Waals surface area (Å²) in [7, 11) is 0.770. The molecule has 0 amide bonds. The van der Waals surface area contributed by atoms with Gasteiger partial charge in [-0.15, -0.1) is 5.73 Å². The zero-order valence-electron chi connectivity index (χ0n) is 14.4. The number of hydrogen-bond donors (Lipinski definition) is 0. The summed E-state index contributed by atoms with van der Waals surface area (Å²) in [5, 5.41) is 1.30. The molecule has 1 aromatic carbocycles. The van der Waals surface area contributed by atoms with Crippen molar-refractivity contribution in [2.75, 3.05) is 14.2 Å². The monoisotopic (exact) mass is 332 g/mol. The first-order chi connectivity index (χ1) is 10.8. The number of carbonyl (C=O) groups is 2. The largest absolute Gasteiger partial charge is 0.468 e. The second-order valence-electron chi connectivity index (χ2n) is 6.12. The van der Waals surface area contributed by atoms with Crippen LogP contribution < -0.4 is 5.19 Å². The SMILES string of the molecule is COC(=O)C(C)(CC=C=C[Si](C)(C)c1ccccc1)C(=O)OC. The fourth-order valence-corrected chi connectivity index (χ4v) is 3.93. The van der Waals surface area contributed by atoms with E-state index in [0.29, 0.717) is 0 Å². The molecule has 1 aromatic rings. The van der Waals surface area contributed by atoms with Crippen LogP contribution in [0.4, 0.5) is 0 Å². The Morgan fingerprint density at radius 2 is 1.65 bits per heavy atom. The van der Waals surface area contributed by atoms with Crippen LogP contribution >= 0.6 is 0 Å². The first-order valence-corrected chi connectivity index (χ1v) is 10.5. The van der Waals surface area contributed by atoms with Crippen molar-refractivity contribution in [3.8, 4) is 0 Å². The minimum absolute atomic E-state index is 0.183. The van der Waals surface area contributed by atoms with E-state index in [1.54, 1.807) is 6.08 Å². The maximum Gasteiger partial charge on any atom is 0.323 e. The highest BCUT2D eigenvalue weighted by Crippen LogP contribution is 2.25. The number of hydrogen-bond acceptors (Lipinski definition) is 4. The van der Waals surface area contributed by atoms with E-state index < -0.39 is 25.4 Å². The van der Waals surface area contributed by atoms with Crippen molar-refractivity contribution in [3.63, 3.8) is 0 Å². The molecule has 0 fully saturated rings. The quantitative estimate of drug-likeness (QED) is 0.348. The number of esters is 2. The van der Waals surface area contributed by atoms with Crippen LogP contribution in [-0.4, -0.2) is 34.2 Å². The minimum atomic E-state index is -1.75. The third-order valence-electron chi connectivity index (χ3n) is 3.86. The van der Waals surface area contributed by atoms with E-state index in [-0.39, 0.29) is 6.42 Å². The molecule has 0 unspecified atom stereocenters. The van der Waals surface area contributed by atoms with Crippen molar-refractivity contribution in [1.82, 2.24) is 0 Å². The molecule has 0 aliphatic carbocycles. The van der Waals surface area contributed by atoms with Crippen LogP contribution in [0, 0.1) is 5.41 Å². The van der Waals surface area contributed by atoms with E-state index in [2.05, 4.69) is 36.7 Å². The molecule has 0 bridgehead atoms. The Bertz CT molecular complexity index is 597. The normalized spacial score (nSPS) is 11.2. The van der Waals surface area contributed by atoms with Crippen molar-refractivity contribution in [2.24, 2.45) is 5.41 Å². The van der Waals surface area contributed by atoms with E-state index in [1.807, 2.05) is 18.2 Å². The average Bonchev–Trinajstić information content (AvgIpc) is 2.57. The lowest BCUT2D eigenvalue weighted by Gasteiger charge is -2.21. The highest BCUT2D eigenvalue weighted by atomic mass is 28.3. The predicted molar refractivity (Wildman–Crippen MR) is 93.0 cm³/mol. The lowest BCUT2D eigenvalue weighted by atomic mass is 9.87. The van der Waals surface area contributed by atoms with Crippen molar-refractivity contribution in [1.29, 1.82) is 0 Å². The third-order valence-corrected chi connectivity index (χ3v) is 6.57. The highest BCUT2D eigenvalue weighted by molar-refractivity contribution is 6.93. The van der Waals surface area contributed by atoms with Gasteiger partial charge in [-0.25, -0.2) is 0 Å². The van der Waals surface area contributed by atoms with Crippen LogP contribution in [0.15, 0.2) is 47.8 Å². The van der Waals surface area contributed by atoms with Crippen LogP contribution in [0.25, 0.3) is 0 Å². The van der Waals surface area contributed by atoms with Gasteiger partial charge in [-0.3, -0.25) is 9.59 Å². The summed E-state index contributed by atoms with van der Waals surface area (Å²) >= 11 is 0. The van der Waals surface area contributed by atoms with Gasteiger partial charge in [0.15, 0.2) is 5.41 Å². The second kappa shape index (κ2) is 7.95. The van der Waals surface area contributed by atoms with Crippen LogP contribution in [0.1, 0.15) is 13.3 Å². The lowest BCUT2D eigenvalue weighted by Crippen LogP contribution is -2.39. The molecule has 0 spiro atoms. The zero-order valence-corrected chi connectivity index (χ0v) is 15.4. The number of allylic oxidation sites excluding steroid dienone is 1. The van der Waals surface area contributed by atoms with Gasteiger partial charge in [0, 0.05) is 0 Å². The van der Waals surface area contributed by atoms with Crippen LogP contribution in [0.5, 0.6) is 0 Å². The summed E-state index contributed by atoms with van der Waals surface area (Å²) < 4.78 is 9.43. The molecule has 0 atom stereocenters. The summed E-state index contributed by atoms with van der Waals surface area (Å²) in [4.78, 5) is 23.7. The first-order valence-electron chi connectivity index (χ1n) is 7.42. The summed E-state index contributed by atoms with van der Waals surface area (Å²) in [5.74, 6) is -1.22. The molecule has 4 nitrogen and oxygen atoms in total. The Kier molecular flexibility index (Phi) is 6.55. The van der Waals surface area contributed by atoms with Crippen LogP contribution in [0.3, 0.4) is 0 Å². The van der Waals surface area contributed by atoms with Crippen LogP contribution in [-0.2, 0) is 19.1 Å². The summed E-state index contributed by atoms with van der Waals surface area (Å²) in [6.07, 6.45) is 1.88. The highest BCUT2D eigenvalue weighted by Gasteiger charge is 2.42. The Hall–Kier alpha value is -2.10. The Morgan fingerprint density at radius 3 is 2.13 bits per heavy atom. The average molecular weight is 332 g/mol. The molecule has 0 saturated carbocycles. The van der Waals surface area contributed by atoms with E-state index in [0.717, 1.165) is 0 Å². The van der Waals surface area contributed by atoms with Crippen LogP contribution in [0.2, 0.25) is 13.1 Å². The predicted octanol–water partition coefficient (Wildman–Crippen LogP) is 2.59. The topological polar surface area (TPSA) is 52.6 Å². The van der Waals surface area contributed by atoms with Crippen molar-refractivity contribution in [2.45, 2.75) is 26.4 Å². The van der Waals surface area contributed by atoms with Gasteiger partial charge in [-0.1, -0.05) is 48.6 Å². The molecule has 0 aromatic heterocycles. The molecule has 0 saturated heterocycles. The van der Waals surface area contributed by atoms with E-state index in [1.165, 1.54) is 26.3 Å². The molecule has 0 heterocycles. The van der Waals surface area contributed by atoms with Gasteiger partial charge in [0.05, 0.1) is 14.2 Å². The second-order valence-corrected chi connectivity index (χ2v) is 10.4. The van der Waals surface area contributed by atoms with Gasteiger partial charge in [-0.05, 0) is 25.1 Å². The van der Waals surface area contributed by atoms with Gasteiger partial charge in [0.1, 0.15) is 8.07 Å². The van der Waals surface area contributed by atoms with Gasteiger partial charge in [0.2, 0.25) is 0 Å². The van der Waals surface area contributed by atoms with E-state index >= 15 is 0 Å². The lowest BCUT2D eigenvalue weighted by molar-refractivity contribution is -0.167.